The summed E-state index contributed by atoms with van der Waals surface area (Å²) in [6.07, 6.45) is 0. The Bertz CT molecular complexity index is 325. The smallest absolute Gasteiger partial charge is 0.226 e. The molecule has 1 aliphatic rings. The summed E-state index contributed by atoms with van der Waals surface area (Å²) in [4.78, 5) is 10.9. The van der Waals surface area contributed by atoms with Crippen molar-refractivity contribution in [1.82, 2.24) is 5.32 Å². The molecule has 2 atom stereocenters. The molecule has 1 aliphatic heterocycles. The summed E-state index contributed by atoms with van der Waals surface area (Å²) in [5.74, 6) is 1.31. The van der Waals surface area contributed by atoms with Crippen LogP contribution in [0.3, 0.4) is 0 Å². The van der Waals surface area contributed by atoms with Gasteiger partial charge >= 0.3 is 0 Å². The molecule has 0 spiro atoms. The lowest BCUT2D eigenvalue weighted by molar-refractivity contribution is -0.131. The minimum atomic E-state index is 0.170. The molecular formula is C11H13NOS. The average Bonchev–Trinajstić information content (AvgIpc) is 2.25. The van der Waals surface area contributed by atoms with Crippen molar-refractivity contribution in [3.63, 3.8) is 0 Å². The predicted molar refractivity (Wildman–Crippen MR) is 58.8 cm³/mol. The van der Waals surface area contributed by atoms with Crippen molar-refractivity contribution in [2.24, 2.45) is 5.92 Å². The summed E-state index contributed by atoms with van der Waals surface area (Å²) in [6.45, 7) is 1.97. The second-order valence-corrected chi connectivity index (χ2v) is 4.64. The molecule has 3 heteroatoms. The summed E-state index contributed by atoms with van der Waals surface area (Å²) in [5, 5.41) is 3.19. The molecule has 1 aromatic carbocycles. The highest BCUT2D eigenvalue weighted by Gasteiger charge is 2.35. The monoisotopic (exact) mass is 207 g/mol. The van der Waals surface area contributed by atoms with E-state index in [0.29, 0.717) is 5.37 Å². The van der Waals surface area contributed by atoms with Gasteiger partial charge in [0.25, 0.3) is 0 Å². The summed E-state index contributed by atoms with van der Waals surface area (Å²) >= 11 is 1.80. The van der Waals surface area contributed by atoms with Crippen molar-refractivity contribution < 1.29 is 4.79 Å². The van der Waals surface area contributed by atoms with Gasteiger partial charge < -0.3 is 5.32 Å². The topological polar surface area (TPSA) is 29.1 Å². The molecule has 2 unspecified atom stereocenters. The lowest BCUT2D eigenvalue weighted by atomic mass is 10.1. The first kappa shape index (κ1) is 9.59. The molecule has 1 amide bonds. The number of hydrogen-bond acceptors (Lipinski definition) is 2. The molecular weight excluding hydrogens is 194 g/mol. The van der Waals surface area contributed by atoms with E-state index in [4.69, 9.17) is 0 Å². The van der Waals surface area contributed by atoms with Crippen molar-refractivity contribution in [2.75, 3.05) is 0 Å². The maximum Gasteiger partial charge on any atom is 0.226 e. The third-order valence-corrected chi connectivity index (χ3v) is 3.81. The summed E-state index contributed by atoms with van der Waals surface area (Å²) in [7, 11) is 0. The third-order valence-electron chi connectivity index (χ3n) is 2.42. The molecule has 0 saturated carbocycles. The van der Waals surface area contributed by atoms with Crippen LogP contribution in [0.2, 0.25) is 0 Å². The van der Waals surface area contributed by atoms with Crippen molar-refractivity contribution in [2.45, 2.75) is 18.1 Å². The maximum absolute atomic E-state index is 10.9. The Morgan fingerprint density at radius 1 is 1.36 bits per heavy atom. The van der Waals surface area contributed by atoms with E-state index < -0.39 is 0 Å². The zero-order valence-corrected chi connectivity index (χ0v) is 8.88. The highest BCUT2D eigenvalue weighted by Crippen LogP contribution is 2.27. The molecule has 0 aliphatic carbocycles. The largest absolute Gasteiger partial charge is 0.343 e. The van der Waals surface area contributed by atoms with Gasteiger partial charge in [-0.3, -0.25) is 4.79 Å². The van der Waals surface area contributed by atoms with Gasteiger partial charge in [0, 0.05) is 5.75 Å². The molecule has 74 valence electrons. The molecule has 1 fully saturated rings. The molecule has 0 radical (unpaired) electrons. The van der Waals surface area contributed by atoms with E-state index >= 15 is 0 Å². The summed E-state index contributed by atoms with van der Waals surface area (Å²) in [6, 6.07) is 10.3. The number of hydrogen-bond donors (Lipinski definition) is 1. The number of carbonyl (C=O) groups excluding carboxylic acids is 1. The third kappa shape index (κ3) is 1.93. The molecule has 1 saturated heterocycles. The molecule has 2 rings (SSSR count). The first-order valence-electron chi connectivity index (χ1n) is 4.73. The minimum absolute atomic E-state index is 0.170. The van der Waals surface area contributed by atoms with Gasteiger partial charge in [-0.05, 0) is 5.56 Å². The molecule has 0 bridgehead atoms. The summed E-state index contributed by atoms with van der Waals surface area (Å²) < 4.78 is 0. The first-order chi connectivity index (χ1) is 6.77. The van der Waals surface area contributed by atoms with Gasteiger partial charge in [0.05, 0.1) is 11.3 Å². The van der Waals surface area contributed by atoms with Crippen molar-refractivity contribution in [3.8, 4) is 0 Å². The van der Waals surface area contributed by atoms with E-state index in [0.717, 1.165) is 5.75 Å². The number of benzene rings is 1. The van der Waals surface area contributed by atoms with E-state index in [1.807, 2.05) is 25.1 Å². The van der Waals surface area contributed by atoms with Crippen LogP contribution in [0, 0.1) is 5.92 Å². The second kappa shape index (κ2) is 4.05. The van der Waals surface area contributed by atoms with Crippen molar-refractivity contribution >= 4 is 17.7 Å². The van der Waals surface area contributed by atoms with Crippen molar-refractivity contribution in [3.05, 3.63) is 35.9 Å². The van der Waals surface area contributed by atoms with Gasteiger partial charge in [0.2, 0.25) is 5.91 Å². The van der Waals surface area contributed by atoms with E-state index in [1.54, 1.807) is 11.8 Å². The lowest BCUT2D eigenvalue weighted by Gasteiger charge is -2.33. The fourth-order valence-electron chi connectivity index (χ4n) is 1.38. The van der Waals surface area contributed by atoms with Gasteiger partial charge in [-0.15, -0.1) is 11.8 Å². The number of thioether (sulfide) groups is 1. The van der Waals surface area contributed by atoms with E-state index in [-0.39, 0.29) is 11.8 Å². The van der Waals surface area contributed by atoms with Crippen LogP contribution in [0.15, 0.2) is 30.3 Å². The molecule has 1 aromatic rings. The normalized spacial score (nSPS) is 25.4. The van der Waals surface area contributed by atoms with Crippen LogP contribution >= 0.6 is 11.8 Å². The van der Waals surface area contributed by atoms with Crippen LogP contribution in [-0.2, 0) is 10.5 Å². The van der Waals surface area contributed by atoms with Gasteiger partial charge in [-0.25, -0.2) is 0 Å². The second-order valence-electron chi connectivity index (χ2n) is 3.51. The Balaban J connectivity index is 1.81. The zero-order valence-electron chi connectivity index (χ0n) is 8.07. The highest BCUT2D eigenvalue weighted by atomic mass is 32.2. The average molecular weight is 207 g/mol. The van der Waals surface area contributed by atoms with Gasteiger partial charge in [-0.1, -0.05) is 37.3 Å². The van der Waals surface area contributed by atoms with Crippen LogP contribution in [0.4, 0.5) is 0 Å². The summed E-state index contributed by atoms with van der Waals surface area (Å²) in [5.41, 5.74) is 1.31. The zero-order chi connectivity index (χ0) is 9.97. The molecule has 1 heterocycles. The minimum Gasteiger partial charge on any atom is -0.343 e. The molecule has 1 N–H and O–H groups in total. The lowest BCUT2D eigenvalue weighted by Crippen LogP contribution is -2.54. The van der Waals surface area contributed by atoms with E-state index in [2.05, 4.69) is 17.4 Å². The van der Waals surface area contributed by atoms with Crippen LogP contribution in [-0.4, -0.2) is 11.3 Å². The van der Waals surface area contributed by atoms with Crippen LogP contribution < -0.4 is 5.32 Å². The first-order valence-corrected chi connectivity index (χ1v) is 5.78. The standard InChI is InChI=1S/C11H13NOS/c1-8-10(13)12-11(8)14-7-9-5-3-2-4-6-9/h2-6,8,11H,7H2,1H3,(H,12,13). The maximum atomic E-state index is 10.9. The van der Waals surface area contributed by atoms with Crippen LogP contribution in [0.5, 0.6) is 0 Å². The Labute approximate surface area is 88.1 Å². The molecule has 2 nitrogen and oxygen atoms in total. The number of β-lactam (4-membered cyclic amide) rings is 1. The molecule has 0 aromatic heterocycles. The van der Waals surface area contributed by atoms with Gasteiger partial charge in [0.15, 0.2) is 0 Å². The number of amides is 1. The fraction of sp³-hybridized carbons (Fsp3) is 0.364. The Morgan fingerprint density at radius 2 is 2.07 bits per heavy atom. The van der Waals surface area contributed by atoms with Crippen LogP contribution in [0.25, 0.3) is 0 Å². The van der Waals surface area contributed by atoms with Gasteiger partial charge in [-0.2, -0.15) is 0 Å². The van der Waals surface area contributed by atoms with Crippen LogP contribution in [0.1, 0.15) is 12.5 Å². The number of rotatable bonds is 3. The Hall–Kier alpha value is -0.960. The fourth-order valence-corrected chi connectivity index (χ4v) is 2.56. The Kier molecular flexibility index (Phi) is 2.77. The van der Waals surface area contributed by atoms with E-state index in [9.17, 15) is 4.79 Å². The van der Waals surface area contributed by atoms with Crippen molar-refractivity contribution in [1.29, 1.82) is 0 Å². The molecule has 14 heavy (non-hydrogen) atoms. The predicted octanol–water partition coefficient (Wildman–Crippen LogP) is 2.01. The number of carbonyl (C=O) groups is 1. The quantitative estimate of drug-likeness (QED) is 0.768. The Morgan fingerprint density at radius 3 is 2.64 bits per heavy atom. The number of nitrogens with one attached hydrogen (secondary N) is 1. The van der Waals surface area contributed by atoms with Gasteiger partial charge in [0.1, 0.15) is 0 Å². The SMILES string of the molecule is CC1C(=O)NC1SCc1ccccc1. The van der Waals surface area contributed by atoms with E-state index in [1.165, 1.54) is 5.56 Å². The highest BCUT2D eigenvalue weighted by molar-refractivity contribution is 7.99.